The Morgan fingerprint density at radius 3 is 2.40 bits per heavy atom. The number of nitrogens with zero attached hydrogens (tertiary/aromatic N) is 1. The summed E-state index contributed by atoms with van der Waals surface area (Å²) >= 11 is 0. The molecule has 0 radical (unpaired) electrons. The normalized spacial score (nSPS) is 17.5. The molecule has 7 nitrogen and oxygen atoms in total. The Morgan fingerprint density at radius 2 is 1.70 bits per heavy atom. The molecule has 2 aromatic rings. The monoisotopic (exact) mass is 430 g/mol. The first-order valence-corrected chi connectivity index (χ1v) is 11.8. The predicted molar refractivity (Wildman–Crippen MR) is 114 cm³/mol. The van der Waals surface area contributed by atoms with Gasteiger partial charge in [-0.2, -0.15) is 0 Å². The molecule has 0 aromatic heterocycles. The van der Waals surface area contributed by atoms with Crippen LogP contribution in [-0.4, -0.2) is 44.9 Å². The number of amides is 1. The lowest BCUT2D eigenvalue weighted by Gasteiger charge is -2.30. The average Bonchev–Trinajstić information content (AvgIpc) is 2.75. The number of benzene rings is 2. The second-order valence-electron chi connectivity index (χ2n) is 7.76. The van der Waals surface area contributed by atoms with E-state index in [1.54, 1.807) is 18.2 Å². The number of sulfonamides is 1. The van der Waals surface area contributed by atoms with Crippen molar-refractivity contribution in [2.24, 2.45) is 5.92 Å². The first-order chi connectivity index (χ1) is 14.4. The number of hydrogen-bond acceptors (Lipinski definition) is 5. The number of rotatable bonds is 5. The van der Waals surface area contributed by atoms with Gasteiger partial charge in [-0.15, -0.1) is 0 Å². The van der Waals surface area contributed by atoms with Gasteiger partial charge in [-0.25, -0.2) is 12.7 Å². The standard InChI is InChI=1S/C22H26N2O5S/c1-16-2-4-17(5-3-16)15-30(26,27)24-10-8-18(9-11-24)22(25)23-19-6-7-20-21(14-19)29-13-12-28-20/h2-7,14,18H,8-13,15H2,1H3,(H,23,25). The highest BCUT2D eigenvalue weighted by Gasteiger charge is 2.31. The largest absolute Gasteiger partial charge is 0.486 e. The fraction of sp³-hybridized carbons (Fsp3) is 0.409. The van der Waals surface area contributed by atoms with Crippen molar-refractivity contribution >= 4 is 21.6 Å². The van der Waals surface area contributed by atoms with Crippen LogP contribution in [0.25, 0.3) is 0 Å². The van der Waals surface area contributed by atoms with Crippen molar-refractivity contribution in [2.75, 3.05) is 31.6 Å². The molecule has 160 valence electrons. The maximum atomic E-state index is 12.7. The zero-order valence-corrected chi connectivity index (χ0v) is 17.8. The van der Waals surface area contributed by atoms with Crippen LogP contribution >= 0.6 is 0 Å². The van der Waals surface area contributed by atoms with Crippen LogP contribution in [0.4, 0.5) is 5.69 Å². The van der Waals surface area contributed by atoms with Gasteiger partial charge in [0.05, 0.1) is 5.75 Å². The van der Waals surface area contributed by atoms with Gasteiger partial charge < -0.3 is 14.8 Å². The lowest BCUT2D eigenvalue weighted by Crippen LogP contribution is -2.41. The highest BCUT2D eigenvalue weighted by Crippen LogP contribution is 2.33. The van der Waals surface area contributed by atoms with Gasteiger partial charge in [0.15, 0.2) is 11.5 Å². The summed E-state index contributed by atoms with van der Waals surface area (Å²) in [6.07, 6.45) is 1.01. The van der Waals surface area contributed by atoms with E-state index in [1.807, 2.05) is 31.2 Å². The predicted octanol–water partition coefficient (Wildman–Crippen LogP) is 2.95. The molecule has 0 unspecified atom stereocenters. The summed E-state index contributed by atoms with van der Waals surface area (Å²) in [6.45, 7) is 3.68. The molecule has 4 rings (SSSR count). The zero-order chi connectivity index (χ0) is 21.1. The second-order valence-corrected chi connectivity index (χ2v) is 9.73. The number of hydrogen-bond donors (Lipinski definition) is 1. The summed E-state index contributed by atoms with van der Waals surface area (Å²) in [4.78, 5) is 12.7. The van der Waals surface area contributed by atoms with E-state index in [1.165, 1.54) is 4.31 Å². The number of carbonyl (C=O) groups excluding carboxylic acids is 1. The Kier molecular flexibility index (Phi) is 5.97. The van der Waals surface area contributed by atoms with Gasteiger partial charge in [0.1, 0.15) is 13.2 Å². The number of nitrogens with one attached hydrogen (secondary N) is 1. The van der Waals surface area contributed by atoms with Crippen molar-refractivity contribution in [3.05, 3.63) is 53.6 Å². The van der Waals surface area contributed by atoms with Crippen molar-refractivity contribution in [1.82, 2.24) is 4.31 Å². The maximum absolute atomic E-state index is 12.7. The molecule has 30 heavy (non-hydrogen) atoms. The minimum atomic E-state index is -3.40. The number of fused-ring (bicyclic) bond motifs is 1. The van der Waals surface area contributed by atoms with E-state index in [9.17, 15) is 13.2 Å². The van der Waals surface area contributed by atoms with Gasteiger partial charge in [0.2, 0.25) is 15.9 Å². The number of aryl methyl sites for hydroxylation is 1. The van der Waals surface area contributed by atoms with Gasteiger partial charge in [0.25, 0.3) is 0 Å². The topological polar surface area (TPSA) is 84.9 Å². The Balaban J connectivity index is 1.32. The molecule has 1 N–H and O–H groups in total. The summed E-state index contributed by atoms with van der Waals surface area (Å²) in [5.41, 5.74) is 2.53. The molecule has 1 fully saturated rings. The SMILES string of the molecule is Cc1ccc(CS(=O)(=O)N2CCC(C(=O)Nc3ccc4c(c3)OCCO4)CC2)cc1. The molecule has 0 atom stereocenters. The van der Waals surface area contributed by atoms with Crippen molar-refractivity contribution in [3.8, 4) is 11.5 Å². The number of carbonyl (C=O) groups is 1. The third-order valence-corrected chi connectivity index (χ3v) is 7.35. The first kappa shape index (κ1) is 20.7. The zero-order valence-electron chi connectivity index (χ0n) is 17.0. The van der Waals surface area contributed by atoms with E-state index >= 15 is 0 Å². The minimum absolute atomic E-state index is 0.0126. The van der Waals surface area contributed by atoms with Crippen LogP contribution in [-0.2, 0) is 20.6 Å². The summed E-state index contributed by atoms with van der Waals surface area (Å²) in [5, 5.41) is 2.92. The minimum Gasteiger partial charge on any atom is -0.486 e. The summed E-state index contributed by atoms with van der Waals surface area (Å²) in [5.74, 6) is 0.968. The molecule has 0 bridgehead atoms. The molecule has 8 heteroatoms. The molecule has 2 heterocycles. The highest BCUT2D eigenvalue weighted by atomic mass is 32.2. The molecule has 0 aliphatic carbocycles. The van der Waals surface area contributed by atoms with Crippen molar-refractivity contribution < 1.29 is 22.7 Å². The Labute approximate surface area is 177 Å². The average molecular weight is 431 g/mol. The number of piperidine rings is 1. The van der Waals surface area contributed by atoms with Crippen LogP contribution < -0.4 is 14.8 Å². The number of anilines is 1. The quantitative estimate of drug-likeness (QED) is 0.788. The van der Waals surface area contributed by atoms with Gasteiger partial charge in [0, 0.05) is 30.8 Å². The van der Waals surface area contributed by atoms with Crippen LogP contribution in [0.3, 0.4) is 0 Å². The molecule has 0 spiro atoms. The lowest BCUT2D eigenvalue weighted by atomic mass is 9.97. The van der Waals surface area contributed by atoms with E-state index in [0.717, 1.165) is 11.1 Å². The fourth-order valence-electron chi connectivity index (χ4n) is 3.75. The van der Waals surface area contributed by atoms with E-state index in [0.29, 0.717) is 56.3 Å². The van der Waals surface area contributed by atoms with E-state index in [-0.39, 0.29) is 17.6 Å². The van der Waals surface area contributed by atoms with Gasteiger partial charge in [-0.1, -0.05) is 29.8 Å². The molecule has 2 aromatic carbocycles. The molecule has 2 aliphatic heterocycles. The van der Waals surface area contributed by atoms with Gasteiger partial charge >= 0.3 is 0 Å². The van der Waals surface area contributed by atoms with Crippen molar-refractivity contribution in [1.29, 1.82) is 0 Å². The van der Waals surface area contributed by atoms with Gasteiger partial charge in [-0.3, -0.25) is 4.79 Å². The molecular formula is C22H26N2O5S. The molecule has 2 aliphatic rings. The Hall–Kier alpha value is -2.58. The smallest absolute Gasteiger partial charge is 0.227 e. The van der Waals surface area contributed by atoms with Crippen molar-refractivity contribution in [3.63, 3.8) is 0 Å². The maximum Gasteiger partial charge on any atom is 0.227 e. The van der Waals surface area contributed by atoms with Crippen LogP contribution in [0.1, 0.15) is 24.0 Å². The number of ether oxygens (including phenoxy) is 2. The Bertz CT molecular complexity index is 1010. The second kappa shape index (κ2) is 8.65. The Morgan fingerprint density at radius 1 is 1.03 bits per heavy atom. The third kappa shape index (κ3) is 4.76. The lowest BCUT2D eigenvalue weighted by molar-refractivity contribution is -0.120. The molecule has 0 saturated carbocycles. The summed E-state index contributed by atoms with van der Waals surface area (Å²) in [7, 11) is -3.40. The third-order valence-electron chi connectivity index (χ3n) is 5.50. The van der Waals surface area contributed by atoms with Crippen LogP contribution in [0.2, 0.25) is 0 Å². The van der Waals surface area contributed by atoms with E-state index in [4.69, 9.17) is 9.47 Å². The first-order valence-electron chi connectivity index (χ1n) is 10.1. The molecule has 1 saturated heterocycles. The highest BCUT2D eigenvalue weighted by molar-refractivity contribution is 7.88. The van der Waals surface area contributed by atoms with E-state index in [2.05, 4.69) is 5.32 Å². The van der Waals surface area contributed by atoms with E-state index < -0.39 is 10.0 Å². The van der Waals surface area contributed by atoms with Crippen molar-refractivity contribution in [2.45, 2.75) is 25.5 Å². The summed E-state index contributed by atoms with van der Waals surface area (Å²) in [6, 6.07) is 12.9. The van der Waals surface area contributed by atoms with Crippen LogP contribution in [0, 0.1) is 12.8 Å². The van der Waals surface area contributed by atoms with Gasteiger partial charge in [-0.05, 0) is 37.5 Å². The molecular weight excluding hydrogens is 404 g/mol. The fourth-order valence-corrected chi connectivity index (χ4v) is 5.31. The van der Waals surface area contributed by atoms with Crippen LogP contribution in [0.5, 0.6) is 11.5 Å². The molecule has 1 amide bonds. The summed E-state index contributed by atoms with van der Waals surface area (Å²) < 4.78 is 38.0. The van der Waals surface area contributed by atoms with Crippen LogP contribution in [0.15, 0.2) is 42.5 Å².